The molecule has 0 aromatic heterocycles. The van der Waals surface area contributed by atoms with Gasteiger partial charge in [0.2, 0.25) is 0 Å². The minimum Gasteiger partial charge on any atom is -0.821 e. The minimum atomic E-state index is -2.39. The highest BCUT2D eigenvalue weighted by Crippen LogP contribution is 2.30. The number of carbonyl (C=O) groups excluding carboxylic acids is 1. The van der Waals surface area contributed by atoms with Crippen LogP contribution in [0, 0.1) is 0 Å². The molecule has 0 bridgehead atoms. The van der Waals surface area contributed by atoms with Crippen LogP contribution >= 0.6 is 0 Å². The lowest BCUT2D eigenvalue weighted by molar-refractivity contribution is -0.519. The van der Waals surface area contributed by atoms with E-state index >= 15 is 0 Å². The van der Waals surface area contributed by atoms with Crippen molar-refractivity contribution in [1.29, 1.82) is 0 Å². The number of aliphatic hydroxyl groups excluding tert-OH is 1. The van der Waals surface area contributed by atoms with Crippen LogP contribution in [0.4, 0.5) is 0 Å². The second-order valence-electron chi connectivity index (χ2n) is 4.50. The predicted octanol–water partition coefficient (Wildman–Crippen LogP) is -0.457. The maximum atomic E-state index is 12.3. The number of hydrogen-bond donors (Lipinski definition) is 2. The summed E-state index contributed by atoms with van der Waals surface area (Å²) >= 11 is 0. The Balaban J connectivity index is 3.14. The van der Waals surface area contributed by atoms with Gasteiger partial charge in [-0.25, -0.2) is 0 Å². The summed E-state index contributed by atoms with van der Waals surface area (Å²) in [7, 11) is 0. The normalized spacial score (nSPS) is 24.3. The summed E-state index contributed by atoms with van der Waals surface area (Å²) in [6.45, 7) is 5.53. The van der Waals surface area contributed by atoms with Crippen molar-refractivity contribution in [2.24, 2.45) is 0 Å². The molecule has 2 N–H and O–H groups in total. The van der Waals surface area contributed by atoms with Crippen molar-refractivity contribution in [3.8, 4) is 0 Å². The molecule has 18 heavy (non-hydrogen) atoms. The molecule has 0 aromatic carbocycles. The van der Waals surface area contributed by atoms with E-state index < -0.39 is 5.79 Å². The Kier molecular flexibility index (Phi) is 4.67. The zero-order chi connectivity index (χ0) is 13.9. The molecule has 0 saturated heterocycles. The first-order valence-electron chi connectivity index (χ1n) is 6.09. The molecule has 5 heteroatoms. The molecule has 1 aliphatic rings. The Hall–Kier alpha value is -1.17. The molecule has 0 aromatic rings. The van der Waals surface area contributed by atoms with Gasteiger partial charge in [-0.2, -0.15) is 0 Å². The fourth-order valence-electron chi connectivity index (χ4n) is 2.01. The highest BCUT2D eigenvalue weighted by molar-refractivity contribution is 6.06. The third-order valence-electron chi connectivity index (χ3n) is 3.26. The van der Waals surface area contributed by atoms with Gasteiger partial charge in [0, 0.05) is 24.9 Å². The van der Waals surface area contributed by atoms with E-state index in [1.54, 1.807) is 4.90 Å². The van der Waals surface area contributed by atoms with Gasteiger partial charge in [-0.15, -0.1) is 0 Å². The van der Waals surface area contributed by atoms with E-state index in [-0.39, 0.29) is 35.8 Å². The van der Waals surface area contributed by atoms with E-state index in [0.29, 0.717) is 6.54 Å². The van der Waals surface area contributed by atoms with Gasteiger partial charge in [-0.3, -0.25) is 4.79 Å². The Bertz CT molecular complexity index is 390. The molecule has 0 fully saturated rings. The predicted molar refractivity (Wildman–Crippen MR) is 65.4 cm³/mol. The molecule has 0 heterocycles. The maximum absolute atomic E-state index is 12.3. The van der Waals surface area contributed by atoms with E-state index in [1.165, 1.54) is 19.9 Å². The largest absolute Gasteiger partial charge is 0.821 e. The zero-order valence-electron chi connectivity index (χ0n) is 11.1. The summed E-state index contributed by atoms with van der Waals surface area (Å²) in [4.78, 5) is 13.3. The molecule has 1 unspecified atom stereocenters. The first-order valence-corrected chi connectivity index (χ1v) is 6.09. The maximum Gasteiger partial charge on any atom is 0.183 e. The van der Waals surface area contributed by atoms with E-state index in [2.05, 4.69) is 0 Å². The van der Waals surface area contributed by atoms with Crippen LogP contribution < -0.4 is 5.11 Å². The van der Waals surface area contributed by atoms with Gasteiger partial charge >= 0.3 is 0 Å². The third-order valence-corrected chi connectivity index (χ3v) is 3.26. The summed E-state index contributed by atoms with van der Waals surface area (Å²) in [5.74, 6) is -2.65. The van der Waals surface area contributed by atoms with E-state index in [9.17, 15) is 15.0 Å². The molecule has 1 rings (SSSR count). The lowest BCUT2D eigenvalue weighted by atomic mass is 9.89. The second kappa shape index (κ2) is 5.65. The van der Waals surface area contributed by atoms with Crippen LogP contribution in [-0.2, 0) is 4.79 Å². The van der Waals surface area contributed by atoms with Crippen LogP contribution in [-0.4, -0.2) is 46.4 Å². The van der Waals surface area contributed by atoms with Crippen LogP contribution in [0.5, 0.6) is 0 Å². The topological polar surface area (TPSA) is 83.8 Å². The highest BCUT2D eigenvalue weighted by atomic mass is 16.5. The van der Waals surface area contributed by atoms with Crippen LogP contribution in [0.2, 0.25) is 0 Å². The average Bonchev–Trinajstić information content (AvgIpc) is 2.31. The fourth-order valence-corrected chi connectivity index (χ4v) is 2.01. The molecule has 102 valence electrons. The van der Waals surface area contributed by atoms with Crippen LogP contribution in [0.3, 0.4) is 0 Å². The van der Waals surface area contributed by atoms with E-state index in [0.717, 1.165) is 6.42 Å². The molecular formula is C13H20NO4-. The van der Waals surface area contributed by atoms with Crippen molar-refractivity contribution < 1.29 is 20.1 Å². The first kappa shape index (κ1) is 14.9. The smallest absolute Gasteiger partial charge is 0.183 e. The number of aliphatic hydroxyl groups is 2. The number of allylic oxidation sites excluding steroid dienone is 2. The third kappa shape index (κ3) is 2.63. The number of rotatable bonds is 5. The van der Waals surface area contributed by atoms with Crippen molar-refractivity contribution in [2.75, 3.05) is 19.7 Å². The van der Waals surface area contributed by atoms with E-state index in [4.69, 9.17) is 5.11 Å². The highest BCUT2D eigenvalue weighted by Gasteiger charge is 2.32. The molecule has 0 spiro atoms. The van der Waals surface area contributed by atoms with Crippen LogP contribution in [0.25, 0.3) is 0 Å². The van der Waals surface area contributed by atoms with Crippen molar-refractivity contribution >= 4 is 5.78 Å². The molecular weight excluding hydrogens is 234 g/mol. The summed E-state index contributed by atoms with van der Waals surface area (Å²) in [6.07, 6.45) is 1.93. The number of ketones is 1. The summed E-state index contributed by atoms with van der Waals surface area (Å²) in [5, 5.41) is 31.3. The molecule has 5 nitrogen and oxygen atoms in total. The molecule has 0 radical (unpaired) electrons. The monoisotopic (exact) mass is 254 g/mol. The standard InChI is InChI=1S/C13H20NO4/c1-4-5-14(6-7-15)12-8-11(16)9(2)10(3)13(12,17)18/h8,15,17H,4-7H2,1-3H3/q-1. The fraction of sp³-hybridized carbons (Fsp3) is 0.615. The van der Waals surface area contributed by atoms with Gasteiger partial charge in [-0.1, -0.05) is 6.92 Å². The number of nitrogens with zero attached hydrogens (tertiary/aromatic N) is 1. The molecule has 1 atom stereocenters. The lowest BCUT2D eigenvalue weighted by Crippen LogP contribution is -2.54. The summed E-state index contributed by atoms with van der Waals surface area (Å²) in [6, 6.07) is 0. The second-order valence-corrected chi connectivity index (χ2v) is 4.50. The molecule has 1 aliphatic carbocycles. The summed E-state index contributed by atoms with van der Waals surface area (Å²) < 4.78 is 0. The van der Waals surface area contributed by atoms with Gasteiger partial charge in [0.15, 0.2) is 5.78 Å². The van der Waals surface area contributed by atoms with Crippen LogP contribution in [0.1, 0.15) is 27.2 Å². The molecule has 0 amide bonds. The Morgan fingerprint density at radius 3 is 2.50 bits per heavy atom. The first-order chi connectivity index (χ1) is 8.36. The SMILES string of the molecule is CCCN(CCO)C1=CC(=O)C(C)=C(C)C1([O-])O. The molecule has 0 aliphatic heterocycles. The van der Waals surface area contributed by atoms with E-state index in [1.807, 2.05) is 6.92 Å². The molecule has 0 saturated carbocycles. The average molecular weight is 254 g/mol. The van der Waals surface area contributed by atoms with Crippen molar-refractivity contribution in [1.82, 2.24) is 4.90 Å². The Labute approximate surface area is 107 Å². The minimum absolute atomic E-state index is 0.0338. The van der Waals surface area contributed by atoms with Gasteiger partial charge in [-0.05, 0) is 31.4 Å². The van der Waals surface area contributed by atoms with Gasteiger partial charge in [0.1, 0.15) is 0 Å². The summed E-state index contributed by atoms with van der Waals surface area (Å²) in [5.41, 5.74) is 0.451. The van der Waals surface area contributed by atoms with Gasteiger partial charge in [0.05, 0.1) is 12.4 Å². The zero-order valence-corrected chi connectivity index (χ0v) is 11.1. The van der Waals surface area contributed by atoms with Crippen molar-refractivity contribution in [3.63, 3.8) is 0 Å². The van der Waals surface area contributed by atoms with Crippen molar-refractivity contribution in [3.05, 3.63) is 22.9 Å². The van der Waals surface area contributed by atoms with Gasteiger partial charge < -0.3 is 20.2 Å². The Morgan fingerprint density at radius 2 is 2.00 bits per heavy atom. The quantitative estimate of drug-likeness (QED) is 0.649. The number of hydrogen-bond acceptors (Lipinski definition) is 5. The lowest BCUT2D eigenvalue weighted by Gasteiger charge is -2.46. The Morgan fingerprint density at radius 1 is 1.39 bits per heavy atom. The van der Waals surface area contributed by atoms with Crippen molar-refractivity contribution in [2.45, 2.75) is 33.0 Å². The number of carbonyl (C=O) groups is 1. The van der Waals surface area contributed by atoms with Crippen LogP contribution in [0.15, 0.2) is 22.9 Å². The van der Waals surface area contributed by atoms with Gasteiger partial charge in [0.25, 0.3) is 0 Å².